The molecule has 1 aliphatic carbocycles. The molecule has 0 spiro atoms. The SMILES string of the molecule is C=CCn1c(SCC(=O)Nc2cccc(C(F)(F)F)c2)nc2sc3c(c2c1=O)CCCC3. The molecule has 0 fully saturated rings. The van der Waals surface area contributed by atoms with E-state index in [2.05, 4.69) is 16.9 Å². The Kier molecular flexibility index (Phi) is 6.43. The quantitative estimate of drug-likeness (QED) is 0.297. The summed E-state index contributed by atoms with van der Waals surface area (Å²) in [6.07, 6.45) is 1.06. The van der Waals surface area contributed by atoms with Crippen LogP contribution in [0.1, 0.15) is 28.8 Å². The number of carbonyl (C=O) groups is 1. The first kappa shape index (κ1) is 22.6. The van der Waals surface area contributed by atoms with Crippen LogP contribution in [-0.2, 0) is 30.4 Å². The number of hydrogen-bond acceptors (Lipinski definition) is 5. The topological polar surface area (TPSA) is 64.0 Å². The van der Waals surface area contributed by atoms with Gasteiger partial charge in [0.05, 0.1) is 16.7 Å². The van der Waals surface area contributed by atoms with Gasteiger partial charge in [0, 0.05) is 17.1 Å². The summed E-state index contributed by atoms with van der Waals surface area (Å²) < 4.78 is 40.1. The largest absolute Gasteiger partial charge is 0.416 e. The van der Waals surface area contributed by atoms with Crippen LogP contribution < -0.4 is 10.9 Å². The summed E-state index contributed by atoms with van der Waals surface area (Å²) in [4.78, 5) is 32.1. The first-order valence-electron chi connectivity index (χ1n) is 10.0. The number of thiophene rings is 1. The molecule has 1 amide bonds. The third-order valence-electron chi connectivity index (χ3n) is 5.16. The summed E-state index contributed by atoms with van der Waals surface area (Å²) in [5.74, 6) is -0.588. The maximum absolute atomic E-state index is 13.2. The van der Waals surface area contributed by atoms with Gasteiger partial charge in [-0.1, -0.05) is 23.9 Å². The van der Waals surface area contributed by atoms with Crippen molar-refractivity contribution >= 4 is 44.9 Å². The molecule has 1 aliphatic rings. The number of fused-ring (bicyclic) bond motifs is 3. The van der Waals surface area contributed by atoms with Crippen molar-refractivity contribution in [2.45, 2.75) is 43.6 Å². The first-order valence-corrected chi connectivity index (χ1v) is 11.8. The van der Waals surface area contributed by atoms with Gasteiger partial charge in [-0.2, -0.15) is 13.2 Å². The molecule has 10 heteroatoms. The van der Waals surface area contributed by atoms with Crippen molar-refractivity contribution in [3.63, 3.8) is 0 Å². The second-order valence-corrected chi connectivity index (χ2v) is 9.43. The minimum Gasteiger partial charge on any atom is -0.325 e. The zero-order valence-corrected chi connectivity index (χ0v) is 18.6. The molecule has 0 bridgehead atoms. The van der Waals surface area contributed by atoms with Crippen LogP contribution in [0.25, 0.3) is 10.2 Å². The summed E-state index contributed by atoms with van der Waals surface area (Å²) in [5, 5.41) is 3.52. The molecule has 3 aromatic rings. The Labute approximate surface area is 190 Å². The molecule has 2 aromatic heterocycles. The minimum absolute atomic E-state index is 0.0586. The van der Waals surface area contributed by atoms with Gasteiger partial charge in [0.15, 0.2) is 5.16 Å². The number of carbonyl (C=O) groups excluding carboxylic acids is 1. The number of thioether (sulfide) groups is 1. The Bertz CT molecular complexity index is 1250. The molecular formula is C22H20F3N3O2S2. The molecule has 0 saturated heterocycles. The number of aromatic nitrogens is 2. The second-order valence-electron chi connectivity index (χ2n) is 7.41. The lowest BCUT2D eigenvalue weighted by Gasteiger charge is -2.12. The molecule has 168 valence electrons. The molecule has 0 unspecified atom stereocenters. The van der Waals surface area contributed by atoms with E-state index in [4.69, 9.17) is 0 Å². The Morgan fingerprint density at radius 3 is 2.84 bits per heavy atom. The number of nitrogens with one attached hydrogen (secondary N) is 1. The number of anilines is 1. The third-order valence-corrected chi connectivity index (χ3v) is 7.32. The van der Waals surface area contributed by atoms with E-state index in [1.807, 2.05) is 0 Å². The highest BCUT2D eigenvalue weighted by atomic mass is 32.2. The van der Waals surface area contributed by atoms with Crippen molar-refractivity contribution in [3.8, 4) is 0 Å². The summed E-state index contributed by atoms with van der Waals surface area (Å²) in [5.41, 5.74) is 0.167. The van der Waals surface area contributed by atoms with Crippen molar-refractivity contribution in [2.24, 2.45) is 0 Å². The number of benzene rings is 1. The fourth-order valence-corrected chi connectivity index (χ4v) is 5.83. The van der Waals surface area contributed by atoms with E-state index in [1.165, 1.54) is 32.9 Å². The average molecular weight is 480 g/mol. The highest BCUT2D eigenvalue weighted by Gasteiger charge is 2.30. The minimum atomic E-state index is -4.49. The van der Waals surface area contributed by atoms with Gasteiger partial charge in [-0.3, -0.25) is 14.2 Å². The molecule has 2 heterocycles. The highest BCUT2D eigenvalue weighted by Crippen LogP contribution is 2.35. The van der Waals surface area contributed by atoms with E-state index in [-0.39, 0.29) is 23.5 Å². The van der Waals surface area contributed by atoms with Crippen molar-refractivity contribution in [1.29, 1.82) is 0 Å². The normalized spacial score (nSPS) is 13.7. The fourth-order valence-electron chi connectivity index (χ4n) is 3.72. The maximum atomic E-state index is 13.2. The first-order chi connectivity index (χ1) is 15.3. The smallest absolute Gasteiger partial charge is 0.325 e. The molecule has 0 atom stereocenters. The van der Waals surface area contributed by atoms with Gasteiger partial charge in [0.1, 0.15) is 4.83 Å². The lowest BCUT2D eigenvalue weighted by molar-refractivity contribution is -0.137. The Morgan fingerprint density at radius 2 is 2.09 bits per heavy atom. The van der Waals surface area contributed by atoms with Gasteiger partial charge >= 0.3 is 6.18 Å². The summed E-state index contributed by atoms with van der Waals surface area (Å²) in [6.45, 7) is 3.96. The third kappa shape index (κ3) is 4.61. The Hall–Kier alpha value is -2.59. The Balaban J connectivity index is 1.56. The van der Waals surface area contributed by atoms with E-state index < -0.39 is 17.6 Å². The number of amides is 1. The van der Waals surface area contributed by atoms with E-state index in [0.29, 0.717) is 15.4 Å². The number of rotatable bonds is 6. The zero-order valence-electron chi connectivity index (χ0n) is 17.0. The van der Waals surface area contributed by atoms with Crippen LogP contribution in [0.3, 0.4) is 0 Å². The molecular weight excluding hydrogens is 459 g/mol. The molecule has 4 rings (SSSR count). The molecule has 1 N–H and O–H groups in total. The van der Waals surface area contributed by atoms with Crippen LogP contribution in [0.4, 0.5) is 18.9 Å². The molecule has 1 aromatic carbocycles. The van der Waals surface area contributed by atoms with Crippen molar-refractivity contribution < 1.29 is 18.0 Å². The second kappa shape index (κ2) is 9.11. The van der Waals surface area contributed by atoms with Crippen LogP contribution in [-0.4, -0.2) is 21.2 Å². The highest BCUT2D eigenvalue weighted by molar-refractivity contribution is 7.99. The van der Waals surface area contributed by atoms with Gasteiger partial charge in [0.25, 0.3) is 5.56 Å². The lowest BCUT2D eigenvalue weighted by Crippen LogP contribution is -2.24. The summed E-state index contributed by atoms with van der Waals surface area (Å²) >= 11 is 2.60. The monoisotopic (exact) mass is 479 g/mol. The summed E-state index contributed by atoms with van der Waals surface area (Å²) in [7, 11) is 0. The standard InChI is InChI=1S/C22H20F3N3O2S2/c1-2-10-28-20(30)18-15-8-3-4-9-16(15)32-19(18)27-21(28)31-12-17(29)26-14-7-5-6-13(11-14)22(23,24)25/h2,5-7,11H,1,3-4,8-10,12H2,(H,26,29). The van der Waals surface area contributed by atoms with Crippen LogP contribution in [0.2, 0.25) is 0 Å². The average Bonchev–Trinajstić information content (AvgIpc) is 3.12. The number of nitrogens with zero attached hydrogens (tertiary/aromatic N) is 2. The number of hydrogen-bond donors (Lipinski definition) is 1. The van der Waals surface area contributed by atoms with Crippen molar-refractivity contribution in [2.75, 3.05) is 11.1 Å². The van der Waals surface area contributed by atoms with Gasteiger partial charge < -0.3 is 5.32 Å². The number of aryl methyl sites for hydroxylation is 2. The zero-order chi connectivity index (χ0) is 22.9. The fraction of sp³-hybridized carbons (Fsp3) is 0.318. The number of alkyl halides is 3. The van der Waals surface area contributed by atoms with Gasteiger partial charge in [-0.05, 0) is 49.4 Å². The van der Waals surface area contributed by atoms with Crippen LogP contribution >= 0.6 is 23.1 Å². The number of allylic oxidation sites excluding steroid dienone is 1. The molecule has 32 heavy (non-hydrogen) atoms. The van der Waals surface area contributed by atoms with E-state index in [1.54, 1.807) is 6.08 Å². The van der Waals surface area contributed by atoms with Crippen LogP contribution in [0.15, 0.2) is 46.9 Å². The number of halogens is 3. The van der Waals surface area contributed by atoms with Crippen LogP contribution in [0, 0.1) is 0 Å². The Morgan fingerprint density at radius 1 is 1.31 bits per heavy atom. The molecule has 5 nitrogen and oxygen atoms in total. The van der Waals surface area contributed by atoms with Gasteiger partial charge in [0.2, 0.25) is 5.91 Å². The van der Waals surface area contributed by atoms with E-state index in [0.717, 1.165) is 55.1 Å². The molecule has 0 radical (unpaired) electrons. The predicted octanol–water partition coefficient (Wildman–Crippen LogP) is 5.27. The maximum Gasteiger partial charge on any atom is 0.416 e. The van der Waals surface area contributed by atoms with Gasteiger partial charge in [-0.15, -0.1) is 17.9 Å². The predicted molar refractivity (Wildman–Crippen MR) is 122 cm³/mol. The summed E-state index contributed by atoms with van der Waals surface area (Å²) in [6, 6.07) is 4.46. The van der Waals surface area contributed by atoms with E-state index in [9.17, 15) is 22.8 Å². The van der Waals surface area contributed by atoms with Crippen LogP contribution in [0.5, 0.6) is 0 Å². The molecule has 0 saturated carbocycles. The van der Waals surface area contributed by atoms with Gasteiger partial charge in [-0.25, -0.2) is 4.98 Å². The van der Waals surface area contributed by atoms with Crippen molar-refractivity contribution in [3.05, 3.63) is 63.3 Å². The molecule has 0 aliphatic heterocycles. The lowest BCUT2D eigenvalue weighted by atomic mass is 9.97. The van der Waals surface area contributed by atoms with E-state index >= 15 is 0 Å². The van der Waals surface area contributed by atoms with Crippen molar-refractivity contribution in [1.82, 2.24) is 9.55 Å².